The quantitative estimate of drug-likeness (QED) is 0.683. The maximum atomic E-state index is 13.0. The molecule has 2 aliphatic rings. The number of aliphatic hydroxyl groups excluding tert-OH is 1. The van der Waals surface area contributed by atoms with Crippen molar-refractivity contribution in [2.45, 2.75) is 29.9 Å². The molecule has 0 unspecified atom stereocenters. The molecule has 0 radical (unpaired) electrons. The minimum atomic E-state index is -3.86. The van der Waals surface area contributed by atoms with E-state index in [0.29, 0.717) is 24.3 Å². The number of sulfonamides is 1. The summed E-state index contributed by atoms with van der Waals surface area (Å²) in [4.78, 5) is 11.5. The summed E-state index contributed by atoms with van der Waals surface area (Å²) in [5.41, 5.74) is 1.07. The number of fused-ring (bicyclic) bond motifs is 1. The van der Waals surface area contributed by atoms with Gasteiger partial charge in [0.1, 0.15) is 5.75 Å². The van der Waals surface area contributed by atoms with Crippen LogP contribution in [0.4, 0.5) is 5.69 Å². The molecule has 144 valence electrons. The predicted octanol–water partition coefficient (Wildman–Crippen LogP) is 0.541. The molecule has 2 aromatic rings. The van der Waals surface area contributed by atoms with Gasteiger partial charge in [0.15, 0.2) is 6.61 Å². The number of aliphatic hydroxyl groups is 1. The number of hydrogen-bond acceptors (Lipinski definition) is 6. The average Bonchev–Trinajstić information content (AvgIpc) is 3.03. The third-order valence-corrected chi connectivity index (χ3v) is 6.32. The number of nitrogens with one attached hydrogen (secondary N) is 2. The van der Waals surface area contributed by atoms with Gasteiger partial charge in [-0.2, -0.15) is 5.10 Å². The van der Waals surface area contributed by atoms with Crippen molar-refractivity contribution in [3.63, 3.8) is 0 Å². The van der Waals surface area contributed by atoms with Crippen molar-refractivity contribution in [3.8, 4) is 5.75 Å². The molecular weight excluding hydrogens is 372 g/mol. The first-order chi connectivity index (χ1) is 12.8. The topological polar surface area (TPSA) is 123 Å². The Morgan fingerprint density at radius 3 is 2.85 bits per heavy atom. The molecule has 2 heterocycles. The molecule has 10 heteroatoms. The van der Waals surface area contributed by atoms with Crippen molar-refractivity contribution in [3.05, 3.63) is 36.2 Å². The van der Waals surface area contributed by atoms with E-state index in [0.717, 1.165) is 5.56 Å². The highest BCUT2D eigenvalue weighted by atomic mass is 32.2. The number of amides is 1. The highest BCUT2D eigenvalue weighted by Crippen LogP contribution is 2.39. The monoisotopic (exact) mass is 392 g/mol. The van der Waals surface area contributed by atoms with Gasteiger partial charge in [-0.05, 0) is 37.0 Å². The highest BCUT2D eigenvalue weighted by molar-refractivity contribution is 7.89. The van der Waals surface area contributed by atoms with Gasteiger partial charge >= 0.3 is 0 Å². The van der Waals surface area contributed by atoms with Crippen LogP contribution < -0.4 is 14.8 Å². The van der Waals surface area contributed by atoms with Crippen LogP contribution in [-0.4, -0.2) is 41.9 Å². The first-order valence-corrected chi connectivity index (χ1v) is 10.1. The fourth-order valence-electron chi connectivity index (χ4n) is 3.40. The normalized spacial score (nSPS) is 23.0. The third kappa shape index (κ3) is 3.55. The zero-order valence-corrected chi connectivity index (χ0v) is 15.4. The second-order valence-electron chi connectivity index (χ2n) is 6.93. The maximum Gasteiger partial charge on any atom is 0.262 e. The number of ether oxygens (including phenoxy) is 1. The van der Waals surface area contributed by atoms with Crippen LogP contribution in [0.1, 0.15) is 24.4 Å². The second kappa shape index (κ2) is 6.63. The Labute approximate surface area is 156 Å². The summed E-state index contributed by atoms with van der Waals surface area (Å²) in [6, 6.07) is 3.85. The lowest BCUT2D eigenvalue weighted by Crippen LogP contribution is -2.41. The van der Waals surface area contributed by atoms with Crippen molar-refractivity contribution in [2.75, 3.05) is 11.9 Å². The lowest BCUT2D eigenvalue weighted by molar-refractivity contribution is -0.118. The Hall–Kier alpha value is -2.43. The van der Waals surface area contributed by atoms with Crippen LogP contribution in [0.25, 0.3) is 0 Å². The van der Waals surface area contributed by atoms with Gasteiger partial charge in [0, 0.05) is 18.8 Å². The van der Waals surface area contributed by atoms with E-state index in [1.54, 1.807) is 24.1 Å². The summed E-state index contributed by atoms with van der Waals surface area (Å²) in [6.45, 7) is -0.0928. The lowest BCUT2D eigenvalue weighted by atomic mass is 9.76. The highest BCUT2D eigenvalue weighted by Gasteiger charge is 2.38. The molecule has 4 rings (SSSR count). The van der Waals surface area contributed by atoms with Crippen molar-refractivity contribution in [1.82, 2.24) is 14.5 Å². The zero-order chi connectivity index (χ0) is 19.2. The molecule has 1 aromatic heterocycles. The number of rotatable bonds is 5. The van der Waals surface area contributed by atoms with Crippen LogP contribution in [-0.2, 0) is 21.9 Å². The van der Waals surface area contributed by atoms with Crippen LogP contribution in [0.5, 0.6) is 5.75 Å². The molecular formula is C17H20N4O5S. The smallest absolute Gasteiger partial charge is 0.262 e. The predicted molar refractivity (Wildman–Crippen MR) is 95.6 cm³/mol. The Morgan fingerprint density at radius 1 is 1.41 bits per heavy atom. The molecule has 1 aliphatic heterocycles. The van der Waals surface area contributed by atoms with E-state index in [9.17, 15) is 18.3 Å². The van der Waals surface area contributed by atoms with E-state index in [4.69, 9.17) is 4.74 Å². The van der Waals surface area contributed by atoms with Gasteiger partial charge < -0.3 is 15.2 Å². The second-order valence-corrected chi connectivity index (χ2v) is 8.64. The number of carbonyl (C=O) groups excluding carboxylic acids is 1. The van der Waals surface area contributed by atoms with Gasteiger partial charge in [0.05, 0.1) is 28.9 Å². The summed E-state index contributed by atoms with van der Waals surface area (Å²) < 4.78 is 35.5. The summed E-state index contributed by atoms with van der Waals surface area (Å²) >= 11 is 0. The summed E-state index contributed by atoms with van der Waals surface area (Å²) in [5.74, 6) is 0.0841. The third-order valence-electron chi connectivity index (χ3n) is 4.88. The molecule has 27 heavy (non-hydrogen) atoms. The molecule has 1 aromatic carbocycles. The number of carbonyl (C=O) groups is 1. The number of hydrogen-bond donors (Lipinski definition) is 3. The molecule has 0 bridgehead atoms. The molecule has 0 saturated heterocycles. The lowest BCUT2D eigenvalue weighted by Gasteiger charge is -2.37. The molecule has 3 N–H and O–H groups in total. The van der Waals surface area contributed by atoms with Gasteiger partial charge in [0.25, 0.3) is 5.91 Å². The van der Waals surface area contributed by atoms with E-state index < -0.39 is 22.2 Å². The summed E-state index contributed by atoms with van der Waals surface area (Å²) in [7, 11) is -2.10. The average molecular weight is 392 g/mol. The zero-order valence-electron chi connectivity index (χ0n) is 14.6. The van der Waals surface area contributed by atoms with Crippen LogP contribution >= 0.6 is 0 Å². The first kappa shape index (κ1) is 18.0. The molecule has 1 saturated carbocycles. The van der Waals surface area contributed by atoms with Gasteiger partial charge in [-0.15, -0.1) is 0 Å². The van der Waals surface area contributed by atoms with E-state index in [2.05, 4.69) is 15.1 Å². The molecule has 1 fully saturated rings. The van der Waals surface area contributed by atoms with E-state index in [1.807, 2.05) is 0 Å². The molecule has 1 aliphatic carbocycles. The van der Waals surface area contributed by atoms with Crippen molar-refractivity contribution < 1.29 is 23.1 Å². The van der Waals surface area contributed by atoms with Crippen LogP contribution in [0.3, 0.4) is 0 Å². The Balaban J connectivity index is 1.62. The van der Waals surface area contributed by atoms with Gasteiger partial charge in [-0.25, -0.2) is 13.1 Å². The fourth-order valence-corrected chi connectivity index (χ4v) is 4.72. The standard InChI is InChI=1S/C17H20N4O5S/c1-21-8-11(7-18-21)17(10-4-12(22)5-10)20-27(24,25)13-2-3-15-14(6-13)19-16(23)9-26-15/h2-3,6-8,10,12,17,20,22H,4-5,9H2,1H3,(H,19,23)/t10?,12?,17-/m0/s1. The summed E-state index contributed by atoms with van der Waals surface area (Å²) in [6.07, 6.45) is 4.03. The molecule has 9 nitrogen and oxygen atoms in total. The van der Waals surface area contributed by atoms with E-state index in [-0.39, 0.29) is 23.3 Å². The fraction of sp³-hybridized carbons (Fsp3) is 0.412. The Morgan fingerprint density at radius 2 is 2.19 bits per heavy atom. The minimum absolute atomic E-state index is 0.0142. The first-order valence-electron chi connectivity index (χ1n) is 8.57. The van der Waals surface area contributed by atoms with Gasteiger partial charge in [0.2, 0.25) is 10.0 Å². The molecule has 0 spiro atoms. The van der Waals surface area contributed by atoms with Gasteiger partial charge in [-0.3, -0.25) is 9.48 Å². The van der Waals surface area contributed by atoms with Crippen LogP contribution in [0, 0.1) is 5.92 Å². The summed E-state index contributed by atoms with van der Waals surface area (Å²) in [5, 5.41) is 16.4. The minimum Gasteiger partial charge on any atom is -0.482 e. The van der Waals surface area contributed by atoms with E-state index in [1.165, 1.54) is 18.2 Å². The number of aryl methyl sites for hydroxylation is 1. The van der Waals surface area contributed by atoms with Crippen molar-refractivity contribution in [1.29, 1.82) is 0 Å². The Bertz CT molecular complexity index is 981. The van der Waals surface area contributed by atoms with Crippen molar-refractivity contribution >= 4 is 21.6 Å². The number of anilines is 1. The maximum absolute atomic E-state index is 13.0. The largest absolute Gasteiger partial charge is 0.482 e. The van der Waals surface area contributed by atoms with Crippen LogP contribution in [0.2, 0.25) is 0 Å². The Kier molecular flexibility index (Phi) is 4.41. The van der Waals surface area contributed by atoms with Gasteiger partial charge in [-0.1, -0.05) is 0 Å². The SMILES string of the molecule is Cn1cc([C@@H](NS(=O)(=O)c2ccc3c(c2)NC(=O)CO3)C2CC(O)C2)cn1. The number of aromatic nitrogens is 2. The molecule has 1 atom stereocenters. The van der Waals surface area contributed by atoms with E-state index >= 15 is 0 Å². The number of benzene rings is 1. The van der Waals surface area contributed by atoms with Crippen molar-refractivity contribution in [2.24, 2.45) is 13.0 Å². The number of nitrogens with zero attached hydrogens (tertiary/aromatic N) is 2. The molecule has 1 amide bonds. The van der Waals surface area contributed by atoms with Crippen LogP contribution in [0.15, 0.2) is 35.5 Å².